The van der Waals surface area contributed by atoms with Crippen molar-refractivity contribution in [1.29, 1.82) is 0 Å². The minimum Gasteiger partial charge on any atom is -0.370 e. The first-order chi connectivity index (χ1) is 8.40. The average molecular weight is 257 g/mol. The minimum atomic E-state index is -1.05. The maximum absolute atomic E-state index is 12.9. The third-order valence-electron chi connectivity index (χ3n) is 2.21. The Hall–Kier alpha value is -2.02. The first-order valence-corrected chi connectivity index (χ1v) is 5.15. The van der Waals surface area contributed by atoms with E-state index in [1.54, 1.807) is 0 Å². The van der Waals surface area contributed by atoms with Gasteiger partial charge in [-0.2, -0.15) is 0 Å². The predicted octanol–water partition coefficient (Wildman–Crippen LogP) is -0.216. The molecule has 0 saturated heterocycles. The topological polar surface area (TPSA) is 98.2 Å². The van der Waals surface area contributed by atoms with Gasteiger partial charge in [0, 0.05) is 6.54 Å². The number of carbonyl (C=O) groups excluding carboxylic acids is 2. The molecule has 0 radical (unpaired) electrons. The Kier molecular flexibility index (Phi) is 4.73. The molecule has 7 heteroatoms. The van der Waals surface area contributed by atoms with Crippen LogP contribution in [0.3, 0.4) is 0 Å². The van der Waals surface area contributed by atoms with E-state index in [4.69, 9.17) is 11.5 Å². The molecule has 0 heterocycles. The summed E-state index contributed by atoms with van der Waals surface area (Å²) >= 11 is 0. The van der Waals surface area contributed by atoms with Crippen molar-refractivity contribution in [1.82, 2.24) is 5.32 Å². The van der Waals surface area contributed by atoms with Gasteiger partial charge in [-0.3, -0.25) is 9.59 Å². The van der Waals surface area contributed by atoms with Gasteiger partial charge in [0.2, 0.25) is 11.8 Å². The van der Waals surface area contributed by atoms with Gasteiger partial charge >= 0.3 is 0 Å². The van der Waals surface area contributed by atoms with Gasteiger partial charge in [0.05, 0.1) is 12.5 Å². The molecule has 1 rings (SSSR count). The monoisotopic (exact) mass is 257 g/mol. The van der Waals surface area contributed by atoms with Crippen LogP contribution in [0.1, 0.15) is 12.0 Å². The maximum atomic E-state index is 12.9. The zero-order valence-corrected chi connectivity index (χ0v) is 9.45. The summed E-state index contributed by atoms with van der Waals surface area (Å²) in [5, 5.41) is 2.39. The predicted molar refractivity (Wildman–Crippen MR) is 60.0 cm³/mol. The Balaban J connectivity index is 2.52. The summed E-state index contributed by atoms with van der Waals surface area (Å²) in [6.45, 7) is -0.0114. The SMILES string of the molecule is NC(=O)CC(N)C(=O)NCc1ccc(F)c(F)c1. The molecule has 1 aromatic carbocycles. The molecule has 5 nitrogen and oxygen atoms in total. The molecule has 18 heavy (non-hydrogen) atoms. The Bertz CT molecular complexity index is 466. The molecule has 1 aromatic rings. The number of nitrogens with one attached hydrogen (secondary N) is 1. The van der Waals surface area contributed by atoms with E-state index in [2.05, 4.69) is 5.32 Å². The molecule has 0 aromatic heterocycles. The molecule has 0 aliphatic heterocycles. The number of hydrogen-bond donors (Lipinski definition) is 3. The van der Waals surface area contributed by atoms with E-state index in [9.17, 15) is 18.4 Å². The fourth-order valence-electron chi connectivity index (χ4n) is 1.28. The average Bonchev–Trinajstić information content (AvgIpc) is 2.29. The number of amides is 2. The van der Waals surface area contributed by atoms with E-state index in [0.29, 0.717) is 5.56 Å². The van der Waals surface area contributed by atoms with Crippen LogP contribution in [0.25, 0.3) is 0 Å². The summed E-state index contributed by atoms with van der Waals surface area (Å²) in [6.07, 6.45) is -0.274. The Morgan fingerprint density at radius 1 is 1.28 bits per heavy atom. The van der Waals surface area contributed by atoms with Crippen LogP contribution in [0.4, 0.5) is 8.78 Å². The second kappa shape index (κ2) is 6.06. The molecule has 0 aliphatic carbocycles. The van der Waals surface area contributed by atoms with Gasteiger partial charge in [0.1, 0.15) is 0 Å². The van der Waals surface area contributed by atoms with Crippen molar-refractivity contribution in [2.45, 2.75) is 19.0 Å². The van der Waals surface area contributed by atoms with Crippen molar-refractivity contribution in [3.8, 4) is 0 Å². The van der Waals surface area contributed by atoms with Crippen LogP contribution in [-0.2, 0) is 16.1 Å². The third kappa shape index (κ3) is 4.10. The van der Waals surface area contributed by atoms with E-state index in [-0.39, 0.29) is 13.0 Å². The Labute approximate surface area is 102 Å². The van der Waals surface area contributed by atoms with Crippen LogP contribution in [-0.4, -0.2) is 17.9 Å². The highest BCUT2D eigenvalue weighted by Gasteiger charge is 2.15. The summed E-state index contributed by atoms with van der Waals surface area (Å²) in [5.74, 6) is -3.23. The first-order valence-electron chi connectivity index (χ1n) is 5.15. The standard InChI is InChI=1S/C11H13F2N3O2/c12-7-2-1-6(3-8(7)13)5-16-11(18)9(14)4-10(15)17/h1-3,9H,4-5,14H2,(H2,15,17)(H,16,18). The van der Waals surface area contributed by atoms with Gasteiger partial charge in [0.25, 0.3) is 0 Å². The molecule has 0 saturated carbocycles. The Morgan fingerprint density at radius 3 is 2.50 bits per heavy atom. The lowest BCUT2D eigenvalue weighted by Crippen LogP contribution is -2.42. The summed E-state index contributed by atoms with van der Waals surface area (Å²) in [6, 6.07) is 2.21. The maximum Gasteiger partial charge on any atom is 0.237 e. The number of benzene rings is 1. The van der Waals surface area contributed by atoms with Crippen molar-refractivity contribution in [2.75, 3.05) is 0 Å². The van der Waals surface area contributed by atoms with E-state index in [0.717, 1.165) is 12.1 Å². The van der Waals surface area contributed by atoms with E-state index >= 15 is 0 Å². The van der Waals surface area contributed by atoms with Crippen LogP contribution in [0.2, 0.25) is 0 Å². The van der Waals surface area contributed by atoms with Crippen LogP contribution < -0.4 is 16.8 Å². The highest BCUT2D eigenvalue weighted by molar-refractivity contribution is 5.87. The minimum absolute atomic E-state index is 0.0114. The lowest BCUT2D eigenvalue weighted by molar-refractivity contribution is -0.126. The number of carbonyl (C=O) groups is 2. The molecule has 1 unspecified atom stereocenters. The lowest BCUT2D eigenvalue weighted by Gasteiger charge is -2.10. The van der Waals surface area contributed by atoms with Crippen molar-refractivity contribution in [2.24, 2.45) is 11.5 Å². The first kappa shape index (κ1) is 14.0. The molecule has 1 atom stereocenters. The van der Waals surface area contributed by atoms with E-state index in [1.165, 1.54) is 6.07 Å². The Morgan fingerprint density at radius 2 is 1.94 bits per heavy atom. The number of rotatable bonds is 5. The molecule has 98 valence electrons. The number of halogens is 2. The van der Waals surface area contributed by atoms with Gasteiger partial charge in [-0.25, -0.2) is 8.78 Å². The van der Waals surface area contributed by atoms with Crippen LogP contribution in [0.5, 0.6) is 0 Å². The van der Waals surface area contributed by atoms with Gasteiger partial charge in [0.15, 0.2) is 11.6 Å². The van der Waals surface area contributed by atoms with Crippen LogP contribution >= 0.6 is 0 Å². The number of nitrogens with two attached hydrogens (primary N) is 2. The largest absolute Gasteiger partial charge is 0.370 e. The third-order valence-corrected chi connectivity index (χ3v) is 2.21. The summed E-state index contributed by atoms with van der Waals surface area (Å²) in [4.78, 5) is 21.9. The molecule has 2 amide bonds. The van der Waals surface area contributed by atoms with Crippen molar-refractivity contribution in [3.05, 3.63) is 35.4 Å². The van der Waals surface area contributed by atoms with Crippen molar-refractivity contribution < 1.29 is 18.4 Å². The zero-order valence-electron chi connectivity index (χ0n) is 9.45. The van der Waals surface area contributed by atoms with Gasteiger partial charge in [-0.15, -0.1) is 0 Å². The molecule has 0 fully saturated rings. The van der Waals surface area contributed by atoms with Crippen LogP contribution in [0, 0.1) is 11.6 Å². The second-order valence-corrected chi connectivity index (χ2v) is 3.74. The molecule has 0 bridgehead atoms. The van der Waals surface area contributed by atoms with Gasteiger partial charge in [-0.05, 0) is 17.7 Å². The van der Waals surface area contributed by atoms with E-state index < -0.39 is 29.5 Å². The zero-order chi connectivity index (χ0) is 13.7. The van der Waals surface area contributed by atoms with E-state index in [1.807, 2.05) is 0 Å². The highest BCUT2D eigenvalue weighted by atomic mass is 19.2. The number of primary amides is 1. The van der Waals surface area contributed by atoms with Crippen molar-refractivity contribution in [3.63, 3.8) is 0 Å². The van der Waals surface area contributed by atoms with Crippen LogP contribution in [0.15, 0.2) is 18.2 Å². The fourth-order valence-corrected chi connectivity index (χ4v) is 1.28. The summed E-state index contributed by atoms with van der Waals surface area (Å²) in [5.41, 5.74) is 10.7. The molecule has 0 spiro atoms. The molecule has 5 N–H and O–H groups in total. The van der Waals surface area contributed by atoms with Gasteiger partial charge in [-0.1, -0.05) is 6.07 Å². The summed E-state index contributed by atoms with van der Waals surface area (Å²) in [7, 11) is 0. The highest BCUT2D eigenvalue weighted by Crippen LogP contribution is 2.08. The fraction of sp³-hybridized carbons (Fsp3) is 0.273. The molecule has 0 aliphatic rings. The number of hydrogen-bond acceptors (Lipinski definition) is 3. The van der Waals surface area contributed by atoms with Crippen molar-refractivity contribution >= 4 is 11.8 Å². The quantitative estimate of drug-likeness (QED) is 0.680. The normalized spacial score (nSPS) is 11.9. The molecular formula is C11H13F2N3O2. The smallest absolute Gasteiger partial charge is 0.237 e. The second-order valence-electron chi connectivity index (χ2n) is 3.74. The molecular weight excluding hydrogens is 244 g/mol. The summed E-state index contributed by atoms with van der Waals surface area (Å²) < 4.78 is 25.5. The van der Waals surface area contributed by atoms with Gasteiger partial charge < -0.3 is 16.8 Å². The lowest BCUT2D eigenvalue weighted by atomic mass is 10.2.